The van der Waals surface area contributed by atoms with Crippen molar-refractivity contribution in [2.45, 2.75) is 22.3 Å². The molecule has 9 heteroatoms. The average Bonchev–Trinajstić information content (AvgIpc) is 2.76. The Balaban J connectivity index is 2.42. The molecule has 0 aromatic heterocycles. The van der Waals surface area contributed by atoms with Crippen LogP contribution in [0.15, 0.2) is 34.1 Å². The molecule has 3 N–H and O–H groups in total. The van der Waals surface area contributed by atoms with Crippen LogP contribution in [0.25, 0.3) is 0 Å². The van der Waals surface area contributed by atoms with E-state index >= 15 is 0 Å². The Morgan fingerprint density at radius 2 is 1.84 bits per heavy atom. The first kappa shape index (κ1) is 14.4. The maximum atomic E-state index is 12.2. The van der Waals surface area contributed by atoms with Gasteiger partial charge in [0.2, 0.25) is 20.0 Å². The molecule has 1 saturated heterocycles. The highest BCUT2D eigenvalue weighted by Gasteiger charge is 2.32. The van der Waals surface area contributed by atoms with Crippen molar-refractivity contribution in [1.29, 1.82) is 0 Å². The van der Waals surface area contributed by atoms with Gasteiger partial charge in [0.15, 0.2) is 0 Å². The second-order valence-corrected chi connectivity index (χ2v) is 7.82. The molecule has 0 amide bonds. The zero-order valence-electron chi connectivity index (χ0n) is 9.93. The van der Waals surface area contributed by atoms with E-state index in [-0.39, 0.29) is 22.9 Å². The summed E-state index contributed by atoms with van der Waals surface area (Å²) in [5, 5.41) is 14.3. The zero-order valence-corrected chi connectivity index (χ0v) is 11.6. The fraction of sp³-hybridized carbons (Fsp3) is 0.400. The van der Waals surface area contributed by atoms with E-state index in [4.69, 9.17) is 5.14 Å². The number of hydrogen-bond donors (Lipinski definition) is 2. The van der Waals surface area contributed by atoms with Gasteiger partial charge in [-0.25, -0.2) is 22.0 Å². The lowest BCUT2D eigenvalue weighted by atomic mass is 10.3. The van der Waals surface area contributed by atoms with Crippen LogP contribution in [-0.4, -0.2) is 45.4 Å². The fourth-order valence-electron chi connectivity index (χ4n) is 1.89. The standard InChI is InChI=1S/C10H14N2O5S2/c11-18(14,15)9-2-1-3-10(6-9)19(16,17)12-5-4-8(13)7-12/h1-3,6,8,13H,4-5,7H2,(H2,11,14,15). The van der Waals surface area contributed by atoms with E-state index in [9.17, 15) is 21.9 Å². The summed E-state index contributed by atoms with van der Waals surface area (Å²) in [4.78, 5) is -0.401. The summed E-state index contributed by atoms with van der Waals surface area (Å²) < 4.78 is 48.0. The molecular weight excluding hydrogens is 292 g/mol. The monoisotopic (exact) mass is 306 g/mol. The Kier molecular flexibility index (Phi) is 3.67. The summed E-state index contributed by atoms with van der Waals surface area (Å²) in [6.45, 7) is 0.227. The molecule has 106 valence electrons. The third-order valence-electron chi connectivity index (χ3n) is 2.90. The van der Waals surface area contributed by atoms with Gasteiger partial charge >= 0.3 is 0 Å². The predicted octanol–water partition coefficient (Wildman–Crippen LogP) is -0.911. The number of β-amino-alcohol motifs (C(OH)–C–C–N with tert-alkyl or cyclic N) is 1. The van der Waals surface area contributed by atoms with Crippen molar-refractivity contribution in [3.8, 4) is 0 Å². The molecule has 1 heterocycles. The van der Waals surface area contributed by atoms with Crippen molar-refractivity contribution in [1.82, 2.24) is 4.31 Å². The van der Waals surface area contributed by atoms with Crippen molar-refractivity contribution in [2.75, 3.05) is 13.1 Å². The van der Waals surface area contributed by atoms with E-state index in [2.05, 4.69) is 0 Å². The van der Waals surface area contributed by atoms with Crippen LogP contribution < -0.4 is 5.14 Å². The summed E-state index contributed by atoms with van der Waals surface area (Å²) in [6.07, 6.45) is -0.315. The summed E-state index contributed by atoms with van der Waals surface area (Å²) in [5.74, 6) is 0. The number of aliphatic hydroxyl groups is 1. The molecule has 0 saturated carbocycles. The Bertz CT molecular complexity index is 684. The number of primary sulfonamides is 1. The van der Waals surface area contributed by atoms with E-state index in [1.54, 1.807) is 0 Å². The Morgan fingerprint density at radius 1 is 1.21 bits per heavy atom. The first-order valence-corrected chi connectivity index (χ1v) is 8.51. The lowest BCUT2D eigenvalue weighted by Crippen LogP contribution is -2.29. The topological polar surface area (TPSA) is 118 Å². The minimum atomic E-state index is -3.95. The van der Waals surface area contributed by atoms with E-state index in [1.165, 1.54) is 18.2 Å². The molecule has 19 heavy (non-hydrogen) atoms. The van der Waals surface area contributed by atoms with Gasteiger partial charge in [0.25, 0.3) is 0 Å². The van der Waals surface area contributed by atoms with Crippen LogP contribution in [0.4, 0.5) is 0 Å². The van der Waals surface area contributed by atoms with Crippen molar-refractivity contribution < 1.29 is 21.9 Å². The highest BCUT2D eigenvalue weighted by Crippen LogP contribution is 2.22. The van der Waals surface area contributed by atoms with Gasteiger partial charge in [0, 0.05) is 13.1 Å². The Labute approximate surface area is 111 Å². The summed E-state index contributed by atoms with van der Waals surface area (Å²) in [7, 11) is -7.75. The molecule has 0 bridgehead atoms. The van der Waals surface area contributed by atoms with E-state index in [0.717, 1.165) is 10.4 Å². The van der Waals surface area contributed by atoms with Crippen molar-refractivity contribution >= 4 is 20.0 Å². The first-order chi connectivity index (χ1) is 8.71. The largest absolute Gasteiger partial charge is 0.392 e. The molecule has 1 aliphatic heterocycles. The van der Waals surface area contributed by atoms with Crippen LogP contribution in [0.2, 0.25) is 0 Å². The van der Waals surface area contributed by atoms with Crippen LogP contribution in [0.3, 0.4) is 0 Å². The van der Waals surface area contributed by atoms with Crippen LogP contribution in [0.1, 0.15) is 6.42 Å². The molecular formula is C10H14N2O5S2. The molecule has 7 nitrogen and oxygen atoms in total. The van der Waals surface area contributed by atoms with E-state index in [1.807, 2.05) is 0 Å². The van der Waals surface area contributed by atoms with Crippen LogP contribution in [-0.2, 0) is 20.0 Å². The number of hydrogen-bond acceptors (Lipinski definition) is 5. The maximum absolute atomic E-state index is 12.2. The van der Waals surface area contributed by atoms with Gasteiger partial charge in [-0.1, -0.05) is 6.07 Å². The van der Waals surface area contributed by atoms with Crippen LogP contribution in [0, 0.1) is 0 Å². The first-order valence-electron chi connectivity index (χ1n) is 5.52. The maximum Gasteiger partial charge on any atom is 0.243 e. The van der Waals surface area contributed by atoms with E-state index < -0.39 is 26.2 Å². The third kappa shape index (κ3) is 2.95. The van der Waals surface area contributed by atoms with Gasteiger partial charge in [0.05, 0.1) is 15.9 Å². The smallest absolute Gasteiger partial charge is 0.243 e. The highest BCUT2D eigenvalue weighted by atomic mass is 32.2. The van der Waals surface area contributed by atoms with E-state index in [0.29, 0.717) is 6.42 Å². The quantitative estimate of drug-likeness (QED) is 0.749. The Morgan fingerprint density at radius 3 is 2.37 bits per heavy atom. The second-order valence-electron chi connectivity index (χ2n) is 4.33. The minimum Gasteiger partial charge on any atom is -0.392 e. The summed E-state index contributed by atoms with van der Waals surface area (Å²) in [5.41, 5.74) is 0. The normalized spacial score (nSPS) is 21.7. The number of benzene rings is 1. The van der Waals surface area contributed by atoms with Crippen molar-refractivity contribution in [3.63, 3.8) is 0 Å². The van der Waals surface area contributed by atoms with Crippen molar-refractivity contribution in [2.24, 2.45) is 5.14 Å². The van der Waals surface area contributed by atoms with Gasteiger partial charge < -0.3 is 5.11 Å². The number of sulfonamides is 2. The van der Waals surface area contributed by atoms with Crippen LogP contribution in [0.5, 0.6) is 0 Å². The van der Waals surface area contributed by atoms with Gasteiger partial charge in [-0.05, 0) is 24.6 Å². The molecule has 0 aliphatic carbocycles. The molecule has 2 rings (SSSR count). The number of nitrogens with two attached hydrogens (primary N) is 1. The van der Waals surface area contributed by atoms with Crippen molar-refractivity contribution in [3.05, 3.63) is 24.3 Å². The van der Waals surface area contributed by atoms with Gasteiger partial charge in [-0.2, -0.15) is 4.31 Å². The summed E-state index contributed by atoms with van der Waals surface area (Å²) >= 11 is 0. The second kappa shape index (κ2) is 4.84. The van der Waals surface area contributed by atoms with Gasteiger partial charge in [-0.3, -0.25) is 0 Å². The van der Waals surface area contributed by atoms with Gasteiger partial charge in [-0.15, -0.1) is 0 Å². The fourth-order valence-corrected chi connectivity index (χ4v) is 4.06. The third-order valence-corrected chi connectivity index (χ3v) is 5.67. The lowest BCUT2D eigenvalue weighted by molar-refractivity contribution is 0.189. The highest BCUT2D eigenvalue weighted by molar-refractivity contribution is 7.90. The molecule has 1 atom stereocenters. The molecule has 1 aliphatic rings. The summed E-state index contributed by atoms with van der Waals surface area (Å²) in [6, 6.07) is 4.87. The Hall–Kier alpha value is -1.00. The SMILES string of the molecule is NS(=O)(=O)c1cccc(S(=O)(=O)N2CCC(O)C2)c1. The zero-order chi connectivity index (χ0) is 14.3. The average molecular weight is 306 g/mol. The van der Waals surface area contributed by atoms with Gasteiger partial charge in [0.1, 0.15) is 0 Å². The molecule has 1 aromatic rings. The number of nitrogens with zero attached hydrogens (tertiary/aromatic N) is 1. The molecule has 0 spiro atoms. The predicted molar refractivity (Wildman–Crippen MR) is 67.2 cm³/mol. The number of aliphatic hydroxyl groups excluding tert-OH is 1. The minimum absolute atomic E-state index is 0.0158. The lowest BCUT2D eigenvalue weighted by Gasteiger charge is -2.16. The van der Waals surface area contributed by atoms with Crippen LogP contribution >= 0.6 is 0 Å². The molecule has 0 radical (unpaired) electrons. The molecule has 1 unspecified atom stereocenters. The molecule has 1 aromatic carbocycles. The number of rotatable bonds is 3. The molecule has 1 fully saturated rings.